The Kier molecular flexibility index (Phi) is 9.84. The van der Waals surface area contributed by atoms with Gasteiger partial charge in [0.1, 0.15) is 6.10 Å². The number of hydrogen-bond donors (Lipinski definition) is 0. The van der Waals surface area contributed by atoms with E-state index in [1.165, 1.54) is 31.4 Å². The van der Waals surface area contributed by atoms with Crippen molar-refractivity contribution in [3.63, 3.8) is 0 Å². The lowest BCUT2D eigenvalue weighted by atomic mass is 9.72. The second kappa shape index (κ2) is 11.3. The number of carbonyl (C=O) groups excluding carboxylic acids is 2. The molecule has 0 heterocycles. The van der Waals surface area contributed by atoms with Gasteiger partial charge in [0.2, 0.25) is 0 Å². The topological polar surface area (TPSA) is 52.6 Å². The maximum Gasteiger partial charge on any atom is 0.331 e. The van der Waals surface area contributed by atoms with E-state index in [0.717, 1.165) is 38.5 Å². The Morgan fingerprint density at radius 2 is 1.52 bits per heavy atom. The van der Waals surface area contributed by atoms with Crippen LogP contribution in [-0.4, -0.2) is 24.6 Å². The molecule has 144 valence electrons. The Labute approximate surface area is 153 Å². The maximum absolute atomic E-state index is 11.8. The first-order valence-electron chi connectivity index (χ1n) is 9.88. The summed E-state index contributed by atoms with van der Waals surface area (Å²) in [4.78, 5) is 23.4. The zero-order valence-electron chi connectivity index (χ0n) is 16.5. The van der Waals surface area contributed by atoms with Crippen LogP contribution in [0.2, 0.25) is 0 Å². The van der Waals surface area contributed by atoms with Gasteiger partial charge in [0.05, 0.1) is 6.61 Å². The van der Waals surface area contributed by atoms with Crippen molar-refractivity contribution in [3.8, 4) is 0 Å². The van der Waals surface area contributed by atoms with Gasteiger partial charge in [0.15, 0.2) is 0 Å². The third-order valence-electron chi connectivity index (χ3n) is 5.03. The van der Waals surface area contributed by atoms with E-state index in [2.05, 4.69) is 27.7 Å². The molecule has 0 spiro atoms. The second-order valence-corrected chi connectivity index (χ2v) is 8.19. The number of carbonyl (C=O) groups is 2. The van der Waals surface area contributed by atoms with Crippen molar-refractivity contribution in [1.82, 2.24) is 0 Å². The molecule has 1 rings (SSSR count). The van der Waals surface area contributed by atoms with Crippen LogP contribution in [0.5, 0.6) is 0 Å². The number of unbranched alkanes of at least 4 members (excludes halogenated alkanes) is 4. The van der Waals surface area contributed by atoms with Crippen molar-refractivity contribution < 1.29 is 19.1 Å². The quantitative estimate of drug-likeness (QED) is 0.325. The van der Waals surface area contributed by atoms with Crippen molar-refractivity contribution in [1.29, 1.82) is 0 Å². The van der Waals surface area contributed by atoms with E-state index in [1.54, 1.807) is 0 Å². The van der Waals surface area contributed by atoms with Gasteiger partial charge >= 0.3 is 11.9 Å². The summed E-state index contributed by atoms with van der Waals surface area (Å²) in [6, 6.07) is 0. The summed E-state index contributed by atoms with van der Waals surface area (Å²) in [6.07, 6.45) is 11.9. The van der Waals surface area contributed by atoms with Crippen LogP contribution in [0, 0.1) is 11.3 Å². The molecule has 1 aliphatic carbocycles. The van der Waals surface area contributed by atoms with E-state index in [9.17, 15) is 9.59 Å². The fourth-order valence-electron chi connectivity index (χ4n) is 3.31. The molecule has 0 aliphatic heterocycles. The number of esters is 2. The molecule has 0 bridgehead atoms. The summed E-state index contributed by atoms with van der Waals surface area (Å²) < 4.78 is 10.5. The number of hydrogen-bond acceptors (Lipinski definition) is 4. The molecule has 0 radical (unpaired) electrons. The van der Waals surface area contributed by atoms with Crippen LogP contribution in [0.25, 0.3) is 0 Å². The highest BCUT2D eigenvalue weighted by atomic mass is 16.5. The van der Waals surface area contributed by atoms with Crippen LogP contribution < -0.4 is 0 Å². The Hall–Kier alpha value is -1.32. The van der Waals surface area contributed by atoms with E-state index in [4.69, 9.17) is 9.47 Å². The van der Waals surface area contributed by atoms with E-state index >= 15 is 0 Å². The Morgan fingerprint density at radius 3 is 2.12 bits per heavy atom. The van der Waals surface area contributed by atoms with Crippen molar-refractivity contribution in [2.75, 3.05) is 6.61 Å². The van der Waals surface area contributed by atoms with Gasteiger partial charge in [0.25, 0.3) is 0 Å². The van der Waals surface area contributed by atoms with Gasteiger partial charge in [-0.15, -0.1) is 0 Å². The lowest BCUT2D eigenvalue weighted by Crippen LogP contribution is -2.30. The van der Waals surface area contributed by atoms with Gasteiger partial charge in [-0.2, -0.15) is 0 Å². The van der Waals surface area contributed by atoms with Crippen molar-refractivity contribution in [2.45, 2.75) is 91.6 Å². The summed E-state index contributed by atoms with van der Waals surface area (Å²) in [5.74, 6) is -0.228. The van der Waals surface area contributed by atoms with Gasteiger partial charge in [-0.3, -0.25) is 0 Å². The first-order chi connectivity index (χ1) is 11.8. The van der Waals surface area contributed by atoms with Crippen molar-refractivity contribution >= 4 is 11.9 Å². The minimum absolute atomic E-state index is 0.0228. The highest BCUT2D eigenvalue weighted by Gasteiger charge is 2.30. The fraction of sp³-hybridized carbons (Fsp3) is 0.810. The zero-order valence-corrected chi connectivity index (χ0v) is 16.5. The lowest BCUT2D eigenvalue weighted by Gasteiger charge is -2.36. The third kappa shape index (κ3) is 9.66. The molecule has 0 atom stereocenters. The molecule has 0 aromatic rings. The lowest BCUT2D eigenvalue weighted by molar-refractivity contribution is -0.146. The molecule has 4 heteroatoms. The summed E-state index contributed by atoms with van der Waals surface area (Å²) in [5.41, 5.74) is 0.315. The highest BCUT2D eigenvalue weighted by Crippen LogP contribution is 2.38. The number of rotatable bonds is 9. The molecule has 0 aromatic carbocycles. The van der Waals surface area contributed by atoms with Gasteiger partial charge in [-0.25, -0.2) is 9.59 Å². The third-order valence-corrected chi connectivity index (χ3v) is 5.03. The van der Waals surface area contributed by atoms with Gasteiger partial charge in [-0.1, -0.05) is 53.4 Å². The minimum atomic E-state index is -0.469. The van der Waals surface area contributed by atoms with Crippen LogP contribution in [0.4, 0.5) is 0 Å². The molecule has 0 amide bonds. The van der Waals surface area contributed by atoms with E-state index < -0.39 is 11.9 Å². The molecule has 4 nitrogen and oxygen atoms in total. The standard InChI is InChI=1S/C21H36O4/c1-5-6-7-8-9-16-24-19(22)14-15-20(23)25-18-12-10-17(11-13-18)21(2,3)4/h14-15,17-18H,5-13,16H2,1-4H3/b15-14+. The predicted octanol–water partition coefficient (Wildman–Crippen LogP) is 5.20. The average Bonchev–Trinajstić information content (AvgIpc) is 2.56. The van der Waals surface area contributed by atoms with Crippen LogP contribution in [0.1, 0.15) is 85.5 Å². The van der Waals surface area contributed by atoms with Crippen LogP contribution >= 0.6 is 0 Å². The summed E-state index contributed by atoms with van der Waals surface area (Å²) in [6.45, 7) is 9.38. The van der Waals surface area contributed by atoms with Gasteiger partial charge in [0, 0.05) is 12.2 Å². The zero-order chi connectivity index (χ0) is 18.7. The molecule has 0 unspecified atom stereocenters. The van der Waals surface area contributed by atoms with Crippen molar-refractivity contribution in [3.05, 3.63) is 12.2 Å². The molecular formula is C21H36O4. The second-order valence-electron chi connectivity index (χ2n) is 8.19. The normalized spacial score (nSPS) is 21.3. The first-order valence-corrected chi connectivity index (χ1v) is 9.88. The fourth-order valence-corrected chi connectivity index (χ4v) is 3.31. The van der Waals surface area contributed by atoms with E-state index in [0.29, 0.717) is 17.9 Å². The maximum atomic E-state index is 11.8. The van der Waals surface area contributed by atoms with Crippen LogP contribution in [-0.2, 0) is 19.1 Å². The molecular weight excluding hydrogens is 316 g/mol. The highest BCUT2D eigenvalue weighted by molar-refractivity contribution is 5.91. The molecule has 0 aromatic heterocycles. The van der Waals surface area contributed by atoms with E-state index in [1.807, 2.05) is 0 Å². The smallest absolute Gasteiger partial charge is 0.331 e. The van der Waals surface area contributed by atoms with Crippen LogP contribution in [0.3, 0.4) is 0 Å². The number of ether oxygens (including phenoxy) is 2. The molecule has 25 heavy (non-hydrogen) atoms. The Balaban J connectivity index is 2.17. The Morgan fingerprint density at radius 1 is 0.920 bits per heavy atom. The van der Waals surface area contributed by atoms with Crippen molar-refractivity contribution in [2.24, 2.45) is 11.3 Å². The first kappa shape index (κ1) is 21.7. The molecule has 1 saturated carbocycles. The molecule has 1 fully saturated rings. The molecule has 0 saturated heterocycles. The Bertz CT molecular complexity index is 426. The SMILES string of the molecule is CCCCCCCOC(=O)/C=C/C(=O)OC1CCC(C(C)(C)C)CC1. The molecule has 0 N–H and O–H groups in total. The average molecular weight is 353 g/mol. The largest absolute Gasteiger partial charge is 0.463 e. The van der Waals surface area contributed by atoms with Gasteiger partial charge < -0.3 is 9.47 Å². The molecule has 1 aliphatic rings. The summed E-state index contributed by atoms with van der Waals surface area (Å²) in [7, 11) is 0. The predicted molar refractivity (Wildman–Crippen MR) is 100 cm³/mol. The monoisotopic (exact) mass is 352 g/mol. The summed E-state index contributed by atoms with van der Waals surface area (Å²) in [5, 5.41) is 0. The summed E-state index contributed by atoms with van der Waals surface area (Å²) >= 11 is 0. The van der Waals surface area contributed by atoms with Gasteiger partial charge in [-0.05, 0) is 43.4 Å². The van der Waals surface area contributed by atoms with Crippen LogP contribution in [0.15, 0.2) is 12.2 Å². The minimum Gasteiger partial charge on any atom is -0.463 e. The van der Waals surface area contributed by atoms with E-state index in [-0.39, 0.29) is 6.10 Å².